The van der Waals surface area contributed by atoms with E-state index >= 15 is 0 Å². The van der Waals surface area contributed by atoms with Crippen LogP contribution in [-0.2, 0) is 22.6 Å². The number of aryl methyl sites for hydroxylation is 1. The first kappa shape index (κ1) is 23.3. The standard InChI is InChI=1S/C23H34FNO4/c1-2-3-4-5-6-7-8-9-17-10-11-18(20(24)14-17)16-25-19-12-13-23(15-19,21(26)27)22(28)29/h10-11,14,19,25H,2-9,12-13,15-16H2,1H3,(H,26,27)(H,28,29). The lowest BCUT2D eigenvalue weighted by Crippen LogP contribution is -2.39. The van der Waals surface area contributed by atoms with Gasteiger partial charge in [0.1, 0.15) is 5.82 Å². The Morgan fingerprint density at radius 1 is 1.10 bits per heavy atom. The predicted octanol–water partition coefficient (Wildman–Crippen LogP) is 4.92. The summed E-state index contributed by atoms with van der Waals surface area (Å²) in [6.07, 6.45) is 10.0. The Morgan fingerprint density at radius 3 is 2.34 bits per heavy atom. The van der Waals surface area contributed by atoms with Gasteiger partial charge < -0.3 is 15.5 Å². The van der Waals surface area contributed by atoms with E-state index in [4.69, 9.17) is 0 Å². The number of aliphatic carboxylic acids is 2. The van der Waals surface area contributed by atoms with Crippen LogP contribution in [0.5, 0.6) is 0 Å². The van der Waals surface area contributed by atoms with Crippen LogP contribution in [0.25, 0.3) is 0 Å². The van der Waals surface area contributed by atoms with Crippen LogP contribution in [0.15, 0.2) is 18.2 Å². The van der Waals surface area contributed by atoms with Crippen LogP contribution in [0.2, 0.25) is 0 Å². The van der Waals surface area contributed by atoms with E-state index in [1.807, 2.05) is 6.07 Å². The second kappa shape index (κ2) is 11.3. The first-order valence-electron chi connectivity index (χ1n) is 10.9. The summed E-state index contributed by atoms with van der Waals surface area (Å²) in [7, 11) is 0. The molecule has 1 atom stereocenters. The number of rotatable bonds is 13. The number of unbranched alkanes of at least 4 members (excludes halogenated alkanes) is 6. The summed E-state index contributed by atoms with van der Waals surface area (Å²) in [4.78, 5) is 22.8. The molecule has 1 aliphatic carbocycles. The average Bonchev–Trinajstić information content (AvgIpc) is 3.12. The van der Waals surface area contributed by atoms with Crippen molar-refractivity contribution in [2.24, 2.45) is 5.41 Å². The van der Waals surface area contributed by atoms with Crippen LogP contribution in [-0.4, -0.2) is 28.2 Å². The van der Waals surface area contributed by atoms with Crippen LogP contribution < -0.4 is 5.32 Å². The second-order valence-electron chi connectivity index (χ2n) is 8.31. The van der Waals surface area contributed by atoms with Crippen LogP contribution in [0.1, 0.15) is 82.3 Å². The molecular weight excluding hydrogens is 373 g/mol. The molecule has 3 N–H and O–H groups in total. The molecule has 1 fully saturated rings. The molecule has 0 radical (unpaired) electrons. The van der Waals surface area contributed by atoms with E-state index in [1.165, 1.54) is 38.5 Å². The van der Waals surface area contributed by atoms with Crippen LogP contribution >= 0.6 is 0 Å². The summed E-state index contributed by atoms with van der Waals surface area (Å²) in [6.45, 7) is 2.48. The molecule has 0 bridgehead atoms. The number of carboxylic acid groups (broad SMARTS) is 2. The first-order chi connectivity index (χ1) is 13.9. The lowest BCUT2D eigenvalue weighted by atomic mass is 9.86. The van der Waals surface area contributed by atoms with E-state index < -0.39 is 17.4 Å². The van der Waals surface area contributed by atoms with Crippen molar-refractivity contribution in [2.75, 3.05) is 0 Å². The Labute approximate surface area is 172 Å². The van der Waals surface area contributed by atoms with Gasteiger partial charge in [-0.15, -0.1) is 0 Å². The quantitative estimate of drug-likeness (QED) is 0.319. The molecule has 0 spiro atoms. The van der Waals surface area contributed by atoms with Gasteiger partial charge in [-0.05, 0) is 43.7 Å². The molecular formula is C23H34FNO4. The zero-order chi connectivity index (χ0) is 21.3. The van der Waals surface area contributed by atoms with Crippen molar-refractivity contribution in [3.63, 3.8) is 0 Å². The number of carbonyl (C=O) groups is 2. The van der Waals surface area contributed by atoms with Crippen molar-refractivity contribution in [1.29, 1.82) is 0 Å². The smallest absolute Gasteiger partial charge is 0.321 e. The fourth-order valence-corrected chi connectivity index (χ4v) is 4.13. The molecule has 29 heavy (non-hydrogen) atoms. The minimum atomic E-state index is -1.73. The molecule has 0 amide bonds. The fourth-order valence-electron chi connectivity index (χ4n) is 4.13. The lowest BCUT2D eigenvalue weighted by Gasteiger charge is -2.19. The Bertz CT molecular complexity index is 677. The van der Waals surface area contributed by atoms with Gasteiger partial charge >= 0.3 is 11.9 Å². The maximum atomic E-state index is 14.4. The summed E-state index contributed by atoms with van der Waals surface area (Å²) in [6, 6.07) is 5.07. The van der Waals surface area contributed by atoms with Crippen molar-refractivity contribution >= 4 is 11.9 Å². The summed E-state index contributed by atoms with van der Waals surface area (Å²) < 4.78 is 14.4. The third kappa shape index (κ3) is 6.53. The second-order valence-corrected chi connectivity index (χ2v) is 8.31. The molecule has 1 aromatic rings. The van der Waals surface area contributed by atoms with Crippen LogP contribution in [0, 0.1) is 11.2 Å². The van der Waals surface area contributed by atoms with Crippen LogP contribution in [0.3, 0.4) is 0 Å². The van der Waals surface area contributed by atoms with E-state index in [2.05, 4.69) is 12.2 Å². The number of hydrogen-bond acceptors (Lipinski definition) is 3. The van der Waals surface area contributed by atoms with Crippen molar-refractivity contribution in [2.45, 2.75) is 90.1 Å². The topological polar surface area (TPSA) is 86.6 Å². The summed E-state index contributed by atoms with van der Waals surface area (Å²) >= 11 is 0. The van der Waals surface area contributed by atoms with Crippen molar-refractivity contribution in [3.8, 4) is 0 Å². The molecule has 1 saturated carbocycles. The Kier molecular flexibility index (Phi) is 9.08. The summed E-state index contributed by atoms with van der Waals surface area (Å²) in [5.74, 6) is -2.86. The first-order valence-corrected chi connectivity index (χ1v) is 10.9. The lowest BCUT2D eigenvalue weighted by molar-refractivity contribution is -0.164. The monoisotopic (exact) mass is 407 g/mol. The number of halogens is 1. The zero-order valence-electron chi connectivity index (χ0n) is 17.4. The molecule has 162 valence electrons. The normalized spacial score (nSPS) is 18.1. The predicted molar refractivity (Wildman–Crippen MR) is 110 cm³/mol. The maximum absolute atomic E-state index is 14.4. The zero-order valence-corrected chi connectivity index (χ0v) is 17.4. The minimum absolute atomic E-state index is 0.0234. The fraction of sp³-hybridized carbons (Fsp3) is 0.652. The van der Waals surface area contributed by atoms with Gasteiger partial charge in [-0.3, -0.25) is 9.59 Å². The highest BCUT2D eigenvalue weighted by Crippen LogP contribution is 2.39. The summed E-state index contributed by atoms with van der Waals surface area (Å²) in [5.41, 5.74) is -0.204. The molecule has 0 aromatic heterocycles. The number of hydrogen-bond donors (Lipinski definition) is 3. The molecule has 0 heterocycles. The molecule has 2 rings (SSSR count). The molecule has 1 aliphatic rings. The van der Waals surface area contributed by atoms with Crippen molar-refractivity contribution in [3.05, 3.63) is 35.1 Å². The minimum Gasteiger partial charge on any atom is -0.480 e. The number of benzene rings is 1. The van der Waals surface area contributed by atoms with Gasteiger partial charge in [-0.25, -0.2) is 4.39 Å². The van der Waals surface area contributed by atoms with Gasteiger partial charge in [-0.1, -0.05) is 57.6 Å². The number of nitrogens with one attached hydrogen (secondary N) is 1. The molecule has 0 aliphatic heterocycles. The maximum Gasteiger partial charge on any atom is 0.321 e. The van der Waals surface area contributed by atoms with Crippen molar-refractivity contribution in [1.82, 2.24) is 5.32 Å². The Hall–Kier alpha value is -1.95. The molecule has 1 unspecified atom stereocenters. The molecule has 6 heteroatoms. The Morgan fingerprint density at radius 2 is 1.76 bits per heavy atom. The van der Waals surface area contributed by atoms with E-state index in [0.717, 1.165) is 18.4 Å². The van der Waals surface area contributed by atoms with E-state index in [0.29, 0.717) is 12.0 Å². The largest absolute Gasteiger partial charge is 0.480 e. The highest BCUT2D eigenvalue weighted by molar-refractivity contribution is 5.98. The van der Waals surface area contributed by atoms with Gasteiger partial charge in [0.05, 0.1) is 0 Å². The van der Waals surface area contributed by atoms with E-state index in [1.54, 1.807) is 12.1 Å². The van der Waals surface area contributed by atoms with Gasteiger partial charge in [-0.2, -0.15) is 0 Å². The molecule has 5 nitrogen and oxygen atoms in total. The summed E-state index contributed by atoms with van der Waals surface area (Å²) in [5, 5.41) is 21.7. The SMILES string of the molecule is CCCCCCCCCc1ccc(CNC2CCC(C(=O)O)(C(=O)O)C2)c(F)c1. The molecule has 0 saturated heterocycles. The number of carboxylic acids is 2. The van der Waals surface area contributed by atoms with Gasteiger partial charge in [0.2, 0.25) is 0 Å². The van der Waals surface area contributed by atoms with E-state index in [-0.39, 0.29) is 31.2 Å². The highest BCUT2D eigenvalue weighted by atomic mass is 19.1. The third-order valence-electron chi connectivity index (χ3n) is 6.10. The third-order valence-corrected chi connectivity index (χ3v) is 6.10. The van der Waals surface area contributed by atoms with Gasteiger partial charge in [0.25, 0.3) is 0 Å². The highest BCUT2D eigenvalue weighted by Gasteiger charge is 2.51. The van der Waals surface area contributed by atoms with Gasteiger partial charge in [0, 0.05) is 18.2 Å². The average molecular weight is 408 g/mol. The van der Waals surface area contributed by atoms with Crippen LogP contribution in [0.4, 0.5) is 4.39 Å². The van der Waals surface area contributed by atoms with Gasteiger partial charge in [0.15, 0.2) is 5.41 Å². The Balaban J connectivity index is 1.77. The molecule has 1 aromatic carbocycles. The van der Waals surface area contributed by atoms with Crippen molar-refractivity contribution < 1.29 is 24.2 Å². The van der Waals surface area contributed by atoms with E-state index in [9.17, 15) is 24.2 Å².